The van der Waals surface area contributed by atoms with Gasteiger partial charge in [0.1, 0.15) is 11.3 Å². The Morgan fingerprint density at radius 1 is 0.903 bits per heavy atom. The van der Waals surface area contributed by atoms with E-state index in [4.69, 9.17) is 13.9 Å². The summed E-state index contributed by atoms with van der Waals surface area (Å²) in [6.45, 7) is 6.43. The first kappa shape index (κ1) is 26.2. The molecule has 1 aromatic heterocycles. The van der Waals surface area contributed by atoms with Gasteiger partial charge >= 0.3 is 11.9 Å². The summed E-state index contributed by atoms with van der Waals surface area (Å²) in [4.78, 5) is 34.0. The van der Waals surface area contributed by atoms with E-state index in [1.54, 1.807) is 6.92 Å². The van der Waals surface area contributed by atoms with Crippen LogP contribution in [0.15, 0.2) is 33.5 Å². The summed E-state index contributed by atoms with van der Waals surface area (Å²) in [5.41, 5.74) is -0.199. The molecule has 0 amide bonds. The van der Waals surface area contributed by atoms with Crippen LogP contribution in [0, 0.1) is 0 Å². The Morgan fingerprint density at radius 3 is 2.19 bits per heavy atom. The Bertz CT molecular complexity index is 870. The van der Waals surface area contributed by atoms with E-state index in [9.17, 15) is 19.5 Å². The first-order valence-electron chi connectivity index (χ1n) is 11.0. The molecule has 0 spiro atoms. The zero-order valence-corrected chi connectivity index (χ0v) is 18.8. The lowest BCUT2D eigenvalue weighted by atomic mass is 10.1. The Morgan fingerprint density at radius 2 is 1.55 bits per heavy atom. The van der Waals surface area contributed by atoms with Gasteiger partial charge in [-0.15, -0.1) is 0 Å². The van der Waals surface area contributed by atoms with E-state index in [1.807, 2.05) is 6.92 Å². The maximum atomic E-state index is 11.7. The van der Waals surface area contributed by atoms with Crippen LogP contribution in [-0.2, 0) is 14.3 Å². The van der Waals surface area contributed by atoms with Crippen LogP contribution < -0.4 is 5.43 Å². The molecule has 2 aromatic rings. The van der Waals surface area contributed by atoms with Crippen LogP contribution in [0.3, 0.4) is 0 Å². The molecule has 1 N–H and O–H groups in total. The van der Waals surface area contributed by atoms with Gasteiger partial charge in [0.25, 0.3) is 0 Å². The summed E-state index contributed by atoms with van der Waals surface area (Å²) in [7, 11) is 0. The molecule has 0 unspecified atom stereocenters. The number of phenols is 1. The molecule has 172 valence electrons. The van der Waals surface area contributed by atoms with Crippen molar-refractivity contribution in [1.82, 2.24) is 0 Å². The topological polar surface area (TPSA) is 103 Å². The molecule has 0 aliphatic rings. The van der Waals surface area contributed by atoms with Crippen molar-refractivity contribution in [3.63, 3.8) is 0 Å². The Balaban J connectivity index is 0.000000318. The first-order chi connectivity index (χ1) is 14.9. The molecule has 1 heterocycles. The zero-order valence-electron chi connectivity index (χ0n) is 18.8. The predicted octanol–water partition coefficient (Wildman–Crippen LogP) is 5.37. The quantitative estimate of drug-likeness (QED) is 0.375. The number of esters is 2. The third-order valence-corrected chi connectivity index (χ3v) is 4.48. The number of rotatable bonds is 11. The van der Waals surface area contributed by atoms with Gasteiger partial charge in [0, 0.05) is 18.6 Å². The summed E-state index contributed by atoms with van der Waals surface area (Å²) < 4.78 is 14.8. The summed E-state index contributed by atoms with van der Waals surface area (Å²) in [6.07, 6.45) is 9.32. The minimum atomic E-state index is -0.699. The van der Waals surface area contributed by atoms with Crippen LogP contribution in [0.4, 0.5) is 0 Å². The molecular formula is C24H34O7. The normalized spacial score (nSPS) is 10.3. The monoisotopic (exact) mass is 434 g/mol. The highest BCUT2D eigenvalue weighted by molar-refractivity contribution is 5.89. The van der Waals surface area contributed by atoms with Crippen molar-refractivity contribution in [3.8, 4) is 5.75 Å². The summed E-state index contributed by atoms with van der Waals surface area (Å²) >= 11 is 0. The van der Waals surface area contributed by atoms with Crippen LogP contribution in [0.5, 0.6) is 5.75 Å². The summed E-state index contributed by atoms with van der Waals surface area (Å²) in [5.74, 6) is -0.951. The van der Waals surface area contributed by atoms with Gasteiger partial charge in [-0.1, -0.05) is 45.4 Å². The van der Waals surface area contributed by atoms with Crippen LogP contribution in [0.2, 0.25) is 0 Å². The van der Waals surface area contributed by atoms with E-state index in [2.05, 4.69) is 6.92 Å². The van der Waals surface area contributed by atoms with Gasteiger partial charge < -0.3 is 19.0 Å². The maximum absolute atomic E-state index is 11.7. The number of fused-ring (bicyclic) bond motifs is 1. The van der Waals surface area contributed by atoms with Crippen LogP contribution in [-0.4, -0.2) is 30.3 Å². The lowest BCUT2D eigenvalue weighted by Crippen LogP contribution is -2.09. The van der Waals surface area contributed by atoms with Crippen molar-refractivity contribution >= 4 is 22.9 Å². The minimum absolute atomic E-state index is 0.0401. The van der Waals surface area contributed by atoms with Crippen molar-refractivity contribution in [2.45, 2.75) is 72.1 Å². The van der Waals surface area contributed by atoms with Crippen LogP contribution >= 0.6 is 0 Å². The molecule has 0 fully saturated rings. The molecular weight excluding hydrogens is 400 g/mol. The van der Waals surface area contributed by atoms with Crippen molar-refractivity contribution < 1.29 is 28.6 Å². The highest BCUT2D eigenvalue weighted by atomic mass is 16.5. The number of carbonyl (C=O) groups is 2. The molecule has 0 aliphatic heterocycles. The molecule has 7 nitrogen and oxygen atoms in total. The number of hydrogen-bond acceptors (Lipinski definition) is 7. The van der Waals surface area contributed by atoms with E-state index in [0.717, 1.165) is 12.5 Å². The fourth-order valence-electron chi connectivity index (χ4n) is 2.91. The predicted molar refractivity (Wildman–Crippen MR) is 119 cm³/mol. The number of ether oxygens (including phenoxy) is 2. The molecule has 7 heteroatoms. The molecule has 0 atom stereocenters. The highest BCUT2D eigenvalue weighted by Gasteiger charge is 2.13. The molecule has 0 radical (unpaired) electrons. The van der Waals surface area contributed by atoms with Gasteiger partial charge in [0.05, 0.1) is 18.6 Å². The van der Waals surface area contributed by atoms with E-state index >= 15 is 0 Å². The molecule has 1 aromatic carbocycles. The lowest BCUT2D eigenvalue weighted by Gasteiger charge is -2.02. The maximum Gasteiger partial charge on any atom is 0.374 e. The van der Waals surface area contributed by atoms with Crippen LogP contribution in [0.25, 0.3) is 11.0 Å². The highest BCUT2D eigenvalue weighted by Crippen LogP contribution is 2.18. The van der Waals surface area contributed by atoms with Gasteiger partial charge in [-0.3, -0.25) is 9.59 Å². The summed E-state index contributed by atoms with van der Waals surface area (Å²) in [5, 5.41) is 9.58. The van der Waals surface area contributed by atoms with Crippen molar-refractivity contribution in [2.24, 2.45) is 0 Å². The van der Waals surface area contributed by atoms with E-state index < -0.39 is 5.97 Å². The lowest BCUT2D eigenvalue weighted by molar-refractivity contribution is -0.143. The fourth-order valence-corrected chi connectivity index (χ4v) is 2.91. The van der Waals surface area contributed by atoms with Crippen LogP contribution in [0.1, 0.15) is 82.7 Å². The number of benzene rings is 1. The minimum Gasteiger partial charge on any atom is -0.508 e. The van der Waals surface area contributed by atoms with E-state index in [-0.39, 0.29) is 35.1 Å². The molecule has 2 rings (SSSR count). The first-order valence-corrected chi connectivity index (χ1v) is 11.0. The average molecular weight is 435 g/mol. The van der Waals surface area contributed by atoms with Gasteiger partial charge in [-0.25, -0.2) is 4.79 Å². The molecule has 0 bridgehead atoms. The number of unbranched alkanes of at least 4 members (excludes halogenated alkanes) is 6. The number of phenolic OH excluding ortho intramolecular Hbond substituents is 1. The van der Waals surface area contributed by atoms with Crippen molar-refractivity contribution in [1.29, 1.82) is 0 Å². The Kier molecular flexibility index (Phi) is 12.7. The number of carbonyl (C=O) groups excluding carboxylic acids is 2. The smallest absolute Gasteiger partial charge is 0.374 e. The second-order valence-corrected chi connectivity index (χ2v) is 7.05. The van der Waals surface area contributed by atoms with Gasteiger partial charge in [0.2, 0.25) is 5.76 Å². The van der Waals surface area contributed by atoms with Gasteiger partial charge in [-0.05, 0) is 32.4 Å². The average Bonchev–Trinajstić information content (AvgIpc) is 2.73. The van der Waals surface area contributed by atoms with Gasteiger partial charge in [-0.2, -0.15) is 0 Å². The van der Waals surface area contributed by atoms with Gasteiger partial charge in [0.15, 0.2) is 5.43 Å². The molecule has 0 aliphatic carbocycles. The SMILES string of the molecule is CCCCCCCCCC(=O)OCC.CCOC(=O)c1cc(=O)c2ccc(O)cc2o1. The van der Waals surface area contributed by atoms with E-state index in [0.29, 0.717) is 18.4 Å². The second-order valence-electron chi connectivity index (χ2n) is 7.05. The summed E-state index contributed by atoms with van der Waals surface area (Å²) in [6, 6.07) is 5.17. The largest absolute Gasteiger partial charge is 0.508 e. The Hall–Kier alpha value is -2.83. The van der Waals surface area contributed by atoms with Crippen molar-refractivity contribution in [2.75, 3.05) is 13.2 Å². The fraction of sp³-hybridized carbons (Fsp3) is 0.542. The standard InChI is InChI=1S/C12H10O5.C12H24O2/c1-2-16-12(15)11-6-9(14)8-4-3-7(13)5-10(8)17-11;1-3-5-6-7-8-9-10-11-12(13)14-4-2/h3-6,13H,2H2,1H3;3-11H2,1-2H3. The second kappa shape index (κ2) is 15.0. The molecule has 0 saturated heterocycles. The number of aromatic hydroxyl groups is 1. The van der Waals surface area contributed by atoms with E-state index in [1.165, 1.54) is 56.7 Å². The van der Waals surface area contributed by atoms with Crippen molar-refractivity contribution in [3.05, 3.63) is 40.2 Å². The number of hydrogen-bond donors (Lipinski definition) is 1. The Labute approximate surface area is 183 Å². The third kappa shape index (κ3) is 10.2. The molecule has 0 saturated carbocycles. The molecule has 31 heavy (non-hydrogen) atoms. The zero-order chi connectivity index (χ0) is 23.1. The third-order valence-electron chi connectivity index (χ3n) is 4.48.